The number of benzene rings is 1. The molecule has 1 aliphatic heterocycles. The molecule has 4 rings (SSSR count). The van der Waals surface area contributed by atoms with Crippen LogP contribution in [0.25, 0.3) is 0 Å². The van der Waals surface area contributed by atoms with Crippen molar-refractivity contribution in [1.82, 2.24) is 24.5 Å². The molecule has 15 heteroatoms. The number of anilines is 2. The number of aromatic nitrogens is 3. The van der Waals surface area contributed by atoms with Gasteiger partial charge in [0.15, 0.2) is 10.8 Å². The molecule has 0 fully saturated rings. The van der Waals surface area contributed by atoms with Crippen LogP contribution >= 0.6 is 0 Å². The van der Waals surface area contributed by atoms with Gasteiger partial charge >= 0.3 is 6.03 Å². The summed E-state index contributed by atoms with van der Waals surface area (Å²) in [5, 5.41) is 16.4. The maximum atomic E-state index is 13.7. The number of ether oxygens (including phenoxy) is 1. The lowest BCUT2D eigenvalue weighted by atomic mass is 9.99. The van der Waals surface area contributed by atoms with Gasteiger partial charge in [0.1, 0.15) is 23.2 Å². The normalized spacial score (nSPS) is 18.1. The van der Waals surface area contributed by atoms with Crippen LogP contribution in [0.4, 0.5) is 16.2 Å². The first-order valence-corrected chi connectivity index (χ1v) is 14.5. The second-order valence-electron chi connectivity index (χ2n) is 10.3. The second kappa shape index (κ2) is 11.8. The Kier molecular flexibility index (Phi) is 8.58. The molecule has 14 nitrogen and oxygen atoms in total. The van der Waals surface area contributed by atoms with Crippen LogP contribution in [-0.2, 0) is 17.1 Å². The van der Waals surface area contributed by atoms with E-state index in [4.69, 9.17) is 9.26 Å². The highest BCUT2D eigenvalue weighted by Gasteiger charge is 2.34. The molecule has 3 N–H and O–H groups in total. The second-order valence-corrected chi connectivity index (χ2v) is 12.0. The van der Waals surface area contributed by atoms with Crippen molar-refractivity contribution in [3.8, 4) is 5.75 Å². The van der Waals surface area contributed by atoms with Crippen molar-refractivity contribution in [2.45, 2.75) is 44.9 Å². The SMILES string of the molecule is Cc1noc(C)c1NC(=O)N(C)C[C@@H]1Oc2ccc(NS(=O)(=O)c3cn(C)cn3)cc2C(=O)N([C@H](C)CO)C[C@H]1C. The first-order chi connectivity index (χ1) is 19.3. The van der Waals surface area contributed by atoms with Crippen LogP contribution in [0.3, 0.4) is 0 Å². The lowest BCUT2D eigenvalue weighted by Gasteiger charge is -2.38. The van der Waals surface area contributed by atoms with Gasteiger partial charge in [0, 0.05) is 38.4 Å². The van der Waals surface area contributed by atoms with Gasteiger partial charge in [0.25, 0.3) is 15.9 Å². The number of likely N-dealkylation sites (N-methyl/N-ethyl adjacent to an activating group) is 1. The molecule has 1 aliphatic rings. The zero-order valence-electron chi connectivity index (χ0n) is 23.8. The summed E-state index contributed by atoms with van der Waals surface area (Å²) in [6.45, 7) is 7.17. The topological polar surface area (TPSA) is 172 Å². The molecule has 3 amide bonds. The number of sulfonamides is 1. The molecule has 3 heterocycles. The highest BCUT2D eigenvalue weighted by molar-refractivity contribution is 7.92. The molecular weight excluding hydrogens is 554 g/mol. The third-order valence-electron chi connectivity index (χ3n) is 6.94. The summed E-state index contributed by atoms with van der Waals surface area (Å²) in [6.07, 6.45) is 2.18. The molecule has 3 atom stereocenters. The summed E-state index contributed by atoms with van der Waals surface area (Å²) in [7, 11) is -0.735. The first-order valence-electron chi connectivity index (χ1n) is 13.0. The Hall–Kier alpha value is -4.11. The number of hydrogen-bond donors (Lipinski definition) is 3. The number of nitrogens with zero attached hydrogens (tertiary/aromatic N) is 5. The largest absolute Gasteiger partial charge is 0.487 e. The predicted molar refractivity (Wildman–Crippen MR) is 149 cm³/mol. The molecule has 0 saturated heterocycles. The average molecular weight is 590 g/mol. The third kappa shape index (κ3) is 6.46. The van der Waals surface area contributed by atoms with Gasteiger partial charge in [-0.1, -0.05) is 12.1 Å². The van der Waals surface area contributed by atoms with Gasteiger partial charge < -0.3 is 34.1 Å². The Balaban J connectivity index is 1.62. The fourth-order valence-electron chi connectivity index (χ4n) is 4.46. The molecule has 0 aliphatic carbocycles. The maximum Gasteiger partial charge on any atom is 0.321 e. The third-order valence-corrected chi connectivity index (χ3v) is 8.21. The zero-order chi connectivity index (χ0) is 30.1. The highest BCUT2D eigenvalue weighted by atomic mass is 32.2. The van der Waals surface area contributed by atoms with Gasteiger partial charge in [-0.05, 0) is 39.0 Å². The lowest BCUT2D eigenvalue weighted by molar-refractivity contribution is 0.0371. The van der Waals surface area contributed by atoms with Crippen LogP contribution < -0.4 is 14.8 Å². The van der Waals surface area contributed by atoms with E-state index < -0.39 is 34.1 Å². The van der Waals surface area contributed by atoms with Crippen LogP contribution in [0.2, 0.25) is 0 Å². The summed E-state index contributed by atoms with van der Waals surface area (Å²) in [5.74, 6) is 0.0466. The van der Waals surface area contributed by atoms with Gasteiger partial charge in [-0.15, -0.1) is 0 Å². The molecule has 0 spiro atoms. The number of amides is 3. The maximum absolute atomic E-state index is 13.7. The number of rotatable bonds is 8. The van der Waals surface area contributed by atoms with Crippen molar-refractivity contribution >= 4 is 33.3 Å². The Labute approximate surface area is 238 Å². The summed E-state index contributed by atoms with van der Waals surface area (Å²) < 4.78 is 41.1. The standard InChI is InChI=1S/C26H35N7O7S/c1-15-10-33(16(2)13-34)25(35)20-9-19(30-41(37,38)23-12-31(5)14-27-23)7-8-21(20)39-22(15)11-32(6)26(36)28-24-17(3)29-40-18(24)4/h7-9,12,14-16,22,30,34H,10-11,13H2,1-6H3,(H,28,36)/t15-,16-,22+/m1/s1. The van der Waals surface area contributed by atoms with Gasteiger partial charge in [-0.25, -0.2) is 9.78 Å². The molecule has 0 saturated carbocycles. The Morgan fingerprint density at radius 3 is 2.66 bits per heavy atom. The Morgan fingerprint density at radius 2 is 2.05 bits per heavy atom. The molecule has 222 valence electrons. The first kappa shape index (κ1) is 29.9. The minimum absolute atomic E-state index is 0.117. The molecule has 0 radical (unpaired) electrons. The molecule has 41 heavy (non-hydrogen) atoms. The van der Waals surface area contributed by atoms with Crippen molar-refractivity contribution < 1.29 is 32.4 Å². The number of hydrogen-bond acceptors (Lipinski definition) is 9. The molecule has 2 aromatic heterocycles. The summed E-state index contributed by atoms with van der Waals surface area (Å²) >= 11 is 0. The van der Waals surface area contributed by atoms with E-state index >= 15 is 0 Å². The van der Waals surface area contributed by atoms with Crippen LogP contribution in [0.1, 0.15) is 35.7 Å². The van der Waals surface area contributed by atoms with Gasteiger partial charge in [0.05, 0.1) is 31.1 Å². The number of aliphatic hydroxyl groups excluding tert-OH is 1. The van der Waals surface area contributed by atoms with Crippen molar-refractivity contribution in [2.24, 2.45) is 13.0 Å². The van der Waals surface area contributed by atoms with Crippen LogP contribution in [-0.4, -0.2) is 88.9 Å². The number of aryl methyl sites for hydroxylation is 3. The number of aliphatic hydroxyl groups is 1. The summed E-state index contributed by atoms with van der Waals surface area (Å²) in [4.78, 5) is 33.5. The number of fused-ring (bicyclic) bond motifs is 1. The lowest BCUT2D eigenvalue weighted by Crippen LogP contribution is -2.50. The van der Waals surface area contributed by atoms with Crippen LogP contribution in [0.15, 0.2) is 40.3 Å². The van der Waals surface area contributed by atoms with Crippen molar-refractivity contribution in [3.63, 3.8) is 0 Å². The fraction of sp³-hybridized carbons (Fsp3) is 0.462. The monoisotopic (exact) mass is 589 g/mol. The number of imidazole rings is 1. The fourth-order valence-corrected chi connectivity index (χ4v) is 5.49. The molecule has 3 aromatic rings. The van der Waals surface area contributed by atoms with E-state index in [1.165, 1.54) is 45.1 Å². The quantitative estimate of drug-likeness (QED) is 0.356. The summed E-state index contributed by atoms with van der Waals surface area (Å²) in [6, 6.07) is 3.49. The van der Waals surface area contributed by atoms with E-state index in [9.17, 15) is 23.1 Å². The zero-order valence-corrected chi connectivity index (χ0v) is 24.6. The van der Waals surface area contributed by atoms with E-state index in [0.717, 1.165) is 0 Å². The average Bonchev–Trinajstić information content (AvgIpc) is 3.51. The van der Waals surface area contributed by atoms with Crippen molar-refractivity contribution in [1.29, 1.82) is 0 Å². The van der Waals surface area contributed by atoms with E-state index in [1.54, 1.807) is 34.9 Å². The minimum Gasteiger partial charge on any atom is -0.487 e. The van der Waals surface area contributed by atoms with E-state index in [1.807, 2.05) is 6.92 Å². The molecule has 0 bridgehead atoms. The number of nitrogens with one attached hydrogen (secondary N) is 2. The van der Waals surface area contributed by atoms with Gasteiger partial charge in [-0.3, -0.25) is 9.52 Å². The van der Waals surface area contributed by atoms with Crippen LogP contribution in [0, 0.1) is 19.8 Å². The van der Waals surface area contributed by atoms with Gasteiger partial charge in [0.2, 0.25) is 0 Å². The molecular formula is C26H35N7O7S. The van der Waals surface area contributed by atoms with Gasteiger partial charge in [-0.2, -0.15) is 8.42 Å². The number of urea groups is 1. The van der Waals surface area contributed by atoms with Crippen molar-refractivity contribution in [3.05, 3.63) is 47.7 Å². The highest BCUT2D eigenvalue weighted by Crippen LogP contribution is 2.31. The smallest absolute Gasteiger partial charge is 0.321 e. The van der Waals surface area contributed by atoms with Crippen LogP contribution in [0.5, 0.6) is 5.75 Å². The van der Waals surface area contributed by atoms with E-state index in [0.29, 0.717) is 17.1 Å². The Morgan fingerprint density at radius 1 is 1.32 bits per heavy atom. The predicted octanol–water partition coefficient (Wildman–Crippen LogP) is 2.21. The van der Waals surface area contributed by atoms with E-state index in [2.05, 4.69) is 20.2 Å². The Bertz CT molecular complexity index is 1510. The number of carbonyl (C=O) groups excluding carboxylic acids is 2. The molecule has 1 aromatic carbocycles. The summed E-state index contributed by atoms with van der Waals surface area (Å²) in [5.41, 5.74) is 1.30. The molecule has 0 unspecified atom stereocenters. The minimum atomic E-state index is -4.01. The number of carbonyl (C=O) groups is 2. The van der Waals surface area contributed by atoms with E-state index in [-0.39, 0.29) is 47.6 Å². The van der Waals surface area contributed by atoms with Crippen molar-refractivity contribution in [2.75, 3.05) is 36.8 Å².